The van der Waals surface area contributed by atoms with E-state index in [9.17, 15) is 0 Å². The Morgan fingerprint density at radius 2 is 2.00 bits per heavy atom. The zero-order chi connectivity index (χ0) is 14.1. The van der Waals surface area contributed by atoms with E-state index in [4.69, 9.17) is 0 Å². The molecule has 1 heterocycles. The van der Waals surface area contributed by atoms with Crippen molar-refractivity contribution in [1.29, 1.82) is 0 Å². The second-order valence-electron chi connectivity index (χ2n) is 4.92. The fourth-order valence-electron chi connectivity index (χ4n) is 2.53. The van der Waals surface area contributed by atoms with Gasteiger partial charge in [0.2, 0.25) is 0 Å². The molecule has 1 nitrogen and oxygen atoms in total. The summed E-state index contributed by atoms with van der Waals surface area (Å²) in [7, 11) is 2.02. The maximum absolute atomic E-state index is 3.63. The normalized spacial score (nSPS) is 12.8. The van der Waals surface area contributed by atoms with Crippen molar-refractivity contribution in [2.75, 3.05) is 7.05 Å². The maximum Gasteiger partial charge on any atom is 0.0588 e. The molecule has 3 heteroatoms. The van der Waals surface area contributed by atoms with Crippen LogP contribution in [0.25, 0.3) is 10.1 Å². The Kier molecular flexibility index (Phi) is 3.92. The number of fused-ring (bicyclic) bond motifs is 1. The van der Waals surface area contributed by atoms with Gasteiger partial charge in [0.15, 0.2) is 0 Å². The molecular weight excluding hydrogens is 330 g/mol. The fraction of sp³-hybridized carbons (Fsp3) is 0.176. The van der Waals surface area contributed by atoms with Gasteiger partial charge in [-0.3, -0.25) is 0 Å². The van der Waals surface area contributed by atoms with Gasteiger partial charge < -0.3 is 5.32 Å². The first-order valence-electron chi connectivity index (χ1n) is 6.60. The van der Waals surface area contributed by atoms with E-state index in [1.165, 1.54) is 26.8 Å². The highest BCUT2D eigenvalue weighted by atomic mass is 79.9. The highest BCUT2D eigenvalue weighted by molar-refractivity contribution is 9.10. The first kappa shape index (κ1) is 13.8. The molecule has 1 unspecified atom stereocenters. The van der Waals surface area contributed by atoms with Crippen LogP contribution in [-0.4, -0.2) is 7.05 Å². The van der Waals surface area contributed by atoms with Crippen molar-refractivity contribution in [3.63, 3.8) is 0 Å². The summed E-state index contributed by atoms with van der Waals surface area (Å²) in [6.45, 7) is 2.11. The van der Waals surface area contributed by atoms with E-state index in [2.05, 4.69) is 76.0 Å². The van der Waals surface area contributed by atoms with Crippen LogP contribution in [0.3, 0.4) is 0 Å². The lowest BCUT2D eigenvalue weighted by molar-refractivity contribution is 0.697. The fourth-order valence-corrected chi connectivity index (χ4v) is 3.88. The molecular formula is C17H16BrNS. The summed E-state index contributed by atoms with van der Waals surface area (Å²) >= 11 is 5.44. The van der Waals surface area contributed by atoms with Crippen molar-refractivity contribution in [3.8, 4) is 0 Å². The van der Waals surface area contributed by atoms with Crippen LogP contribution in [0.5, 0.6) is 0 Å². The number of thiophene rings is 1. The van der Waals surface area contributed by atoms with Gasteiger partial charge in [-0.2, -0.15) is 0 Å². The Balaban J connectivity index is 2.13. The third-order valence-electron chi connectivity index (χ3n) is 3.64. The average Bonchev–Trinajstić information content (AvgIpc) is 2.93. The van der Waals surface area contributed by atoms with E-state index in [0.29, 0.717) is 0 Å². The van der Waals surface area contributed by atoms with Crippen molar-refractivity contribution in [1.82, 2.24) is 5.32 Å². The summed E-state index contributed by atoms with van der Waals surface area (Å²) in [5, 5.41) is 6.93. The summed E-state index contributed by atoms with van der Waals surface area (Å²) in [4.78, 5) is 0. The molecule has 1 N–H and O–H groups in total. The van der Waals surface area contributed by atoms with Crippen molar-refractivity contribution >= 4 is 37.4 Å². The van der Waals surface area contributed by atoms with Crippen LogP contribution in [0.1, 0.15) is 22.7 Å². The summed E-state index contributed by atoms with van der Waals surface area (Å²) in [5.41, 5.74) is 3.89. The minimum absolute atomic E-state index is 0.217. The molecule has 20 heavy (non-hydrogen) atoms. The van der Waals surface area contributed by atoms with Crippen LogP contribution in [0.2, 0.25) is 0 Å². The third-order valence-corrected chi connectivity index (χ3v) is 5.47. The zero-order valence-corrected chi connectivity index (χ0v) is 13.9. The summed E-state index contributed by atoms with van der Waals surface area (Å²) in [6, 6.07) is 15.5. The van der Waals surface area contributed by atoms with Crippen molar-refractivity contribution in [2.24, 2.45) is 0 Å². The Morgan fingerprint density at radius 1 is 1.15 bits per heavy atom. The molecule has 0 aliphatic rings. The maximum atomic E-state index is 3.63. The van der Waals surface area contributed by atoms with Gasteiger partial charge in [0, 0.05) is 9.17 Å². The number of aryl methyl sites for hydroxylation is 1. The second kappa shape index (κ2) is 5.68. The van der Waals surface area contributed by atoms with Crippen LogP contribution in [-0.2, 0) is 0 Å². The van der Waals surface area contributed by atoms with Crippen LogP contribution < -0.4 is 5.32 Å². The Labute approximate surface area is 131 Å². The minimum Gasteiger partial charge on any atom is -0.309 e. The van der Waals surface area contributed by atoms with Gasteiger partial charge in [-0.05, 0) is 53.6 Å². The summed E-state index contributed by atoms with van der Waals surface area (Å²) < 4.78 is 2.53. The molecule has 0 aliphatic carbocycles. The molecule has 0 amide bonds. The van der Waals surface area contributed by atoms with Crippen molar-refractivity contribution < 1.29 is 0 Å². The third kappa shape index (κ3) is 2.41. The average molecular weight is 346 g/mol. The monoisotopic (exact) mass is 345 g/mol. The lowest BCUT2D eigenvalue weighted by Gasteiger charge is -2.19. The van der Waals surface area contributed by atoms with Crippen molar-refractivity contribution in [3.05, 3.63) is 69.0 Å². The molecule has 3 aromatic rings. The first-order chi connectivity index (χ1) is 9.70. The van der Waals surface area contributed by atoms with E-state index < -0.39 is 0 Å². The Hall–Kier alpha value is -1.16. The predicted molar refractivity (Wildman–Crippen MR) is 91.6 cm³/mol. The topological polar surface area (TPSA) is 12.0 Å². The van der Waals surface area contributed by atoms with Crippen LogP contribution >= 0.6 is 27.3 Å². The highest BCUT2D eigenvalue weighted by Gasteiger charge is 2.16. The molecule has 3 rings (SSSR count). The predicted octanol–water partition coefficient (Wildman–Crippen LogP) is 5.28. The first-order valence-corrected chi connectivity index (χ1v) is 8.27. The molecule has 0 saturated heterocycles. The lowest BCUT2D eigenvalue weighted by Crippen LogP contribution is -2.17. The Bertz CT molecular complexity index is 748. The quantitative estimate of drug-likeness (QED) is 0.680. The molecule has 0 saturated carbocycles. The number of nitrogens with one attached hydrogen (secondary N) is 1. The largest absolute Gasteiger partial charge is 0.309 e. The molecule has 2 aromatic carbocycles. The molecule has 0 bridgehead atoms. The molecule has 1 atom stereocenters. The summed E-state index contributed by atoms with van der Waals surface area (Å²) in [6.07, 6.45) is 0. The standard InChI is InChI=1S/C17H16BrNS/c1-11-6-7-13(10-15(11)18)16(19-2)14-5-3-4-12-8-9-20-17(12)14/h3-10,16,19H,1-2H3. The van der Waals surface area contributed by atoms with Gasteiger partial charge >= 0.3 is 0 Å². The van der Waals surface area contributed by atoms with E-state index in [1.54, 1.807) is 0 Å². The van der Waals surface area contributed by atoms with Crippen LogP contribution in [0, 0.1) is 6.92 Å². The number of rotatable bonds is 3. The number of hydrogen-bond acceptors (Lipinski definition) is 2. The SMILES string of the molecule is CNC(c1ccc(C)c(Br)c1)c1cccc2ccsc12. The van der Waals surface area contributed by atoms with Gasteiger partial charge in [0.25, 0.3) is 0 Å². The van der Waals surface area contributed by atoms with E-state index in [0.717, 1.165) is 4.47 Å². The summed E-state index contributed by atoms with van der Waals surface area (Å²) in [5.74, 6) is 0. The number of benzene rings is 2. The zero-order valence-electron chi connectivity index (χ0n) is 11.5. The van der Waals surface area contributed by atoms with E-state index >= 15 is 0 Å². The smallest absolute Gasteiger partial charge is 0.0588 e. The molecule has 0 aliphatic heterocycles. The van der Waals surface area contributed by atoms with Crippen molar-refractivity contribution in [2.45, 2.75) is 13.0 Å². The molecule has 1 aromatic heterocycles. The molecule has 102 valence electrons. The minimum atomic E-state index is 0.217. The highest BCUT2D eigenvalue weighted by Crippen LogP contribution is 2.33. The number of halogens is 1. The van der Waals surface area contributed by atoms with Gasteiger partial charge in [-0.25, -0.2) is 0 Å². The molecule has 0 fully saturated rings. The van der Waals surface area contributed by atoms with Gasteiger partial charge in [-0.15, -0.1) is 11.3 Å². The van der Waals surface area contributed by atoms with E-state index in [-0.39, 0.29) is 6.04 Å². The van der Waals surface area contributed by atoms with Gasteiger partial charge in [0.05, 0.1) is 6.04 Å². The Morgan fingerprint density at radius 3 is 2.75 bits per heavy atom. The lowest BCUT2D eigenvalue weighted by atomic mass is 9.97. The second-order valence-corrected chi connectivity index (χ2v) is 6.69. The van der Waals surface area contributed by atoms with Gasteiger partial charge in [-0.1, -0.05) is 46.3 Å². The van der Waals surface area contributed by atoms with E-state index in [1.807, 2.05) is 18.4 Å². The number of hydrogen-bond donors (Lipinski definition) is 1. The van der Waals surface area contributed by atoms with Crippen LogP contribution in [0.15, 0.2) is 52.3 Å². The van der Waals surface area contributed by atoms with Crippen LogP contribution in [0.4, 0.5) is 0 Å². The molecule has 0 spiro atoms. The van der Waals surface area contributed by atoms with Gasteiger partial charge in [0.1, 0.15) is 0 Å². The molecule has 0 radical (unpaired) electrons.